The van der Waals surface area contributed by atoms with Gasteiger partial charge in [-0.2, -0.15) is 0 Å². The third kappa shape index (κ3) is 9.67. The van der Waals surface area contributed by atoms with Gasteiger partial charge in [0.25, 0.3) is 14.3 Å². The van der Waals surface area contributed by atoms with Crippen molar-refractivity contribution in [1.29, 1.82) is 0 Å². The van der Waals surface area contributed by atoms with Gasteiger partial charge in [-0.25, -0.2) is 0 Å². The maximum atomic E-state index is 12.4. The Morgan fingerprint density at radius 3 is 1.78 bits per heavy atom. The molecule has 0 aromatic heterocycles. The first-order chi connectivity index (χ1) is 12.9. The summed E-state index contributed by atoms with van der Waals surface area (Å²) >= 11 is 0. The molecule has 1 N–H and O–H groups in total. The molecule has 0 fully saturated rings. The molecule has 0 rings (SSSR count). The van der Waals surface area contributed by atoms with E-state index in [-0.39, 0.29) is 11.9 Å². The second-order valence-corrected chi connectivity index (χ2v) is 14.3. The molecule has 0 amide bonds. The summed E-state index contributed by atoms with van der Waals surface area (Å²) in [6.45, 7) is 17.5. The summed E-state index contributed by atoms with van der Waals surface area (Å²) in [5.41, 5.74) is 0. The minimum Gasteiger partial charge on any atom is -0.519 e. The van der Waals surface area contributed by atoms with Crippen molar-refractivity contribution < 1.29 is 22.5 Å². The molecule has 6 nitrogen and oxygen atoms in total. The molecule has 27 heavy (non-hydrogen) atoms. The maximum Gasteiger partial charge on any atom is 0.500 e. The van der Waals surface area contributed by atoms with Crippen LogP contribution in [0.25, 0.3) is 0 Å². The third-order valence-electron chi connectivity index (χ3n) is 5.03. The maximum absolute atomic E-state index is 12.4. The molecule has 0 bridgehead atoms. The molecular formula is C19H43NO5Si2. The van der Waals surface area contributed by atoms with Crippen molar-refractivity contribution >= 4 is 23.1 Å². The minimum absolute atomic E-state index is 0.0543. The van der Waals surface area contributed by atoms with Crippen molar-refractivity contribution in [2.45, 2.75) is 79.1 Å². The van der Waals surface area contributed by atoms with E-state index >= 15 is 0 Å². The standard InChI is InChI=1S/C19H43NO5Si2/c1-8-22-27(23-9-2,24-10-3)16-14-15-20-17-18(7)19(21)25-26(11-4,12-5)13-6/h18,20H,8-17H2,1-7H3. The molecular weight excluding hydrogens is 378 g/mol. The number of nitrogens with one attached hydrogen (secondary N) is 1. The van der Waals surface area contributed by atoms with Gasteiger partial charge in [0, 0.05) is 32.4 Å². The fourth-order valence-electron chi connectivity index (χ4n) is 3.11. The molecule has 1 unspecified atom stereocenters. The zero-order valence-corrected chi connectivity index (χ0v) is 20.7. The molecule has 0 heterocycles. The summed E-state index contributed by atoms with van der Waals surface area (Å²) < 4.78 is 23.6. The van der Waals surface area contributed by atoms with Gasteiger partial charge in [-0.05, 0) is 51.9 Å². The highest BCUT2D eigenvalue weighted by Crippen LogP contribution is 2.23. The molecule has 0 aliphatic carbocycles. The van der Waals surface area contributed by atoms with Crippen LogP contribution in [0.3, 0.4) is 0 Å². The first kappa shape index (κ1) is 26.7. The van der Waals surface area contributed by atoms with Crippen LogP contribution in [-0.2, 0) is 22.5 Å². The van der Waals surface area contributed by atoms with E-state index in [4.69, 9.17) is 17.7 Å². The summed E-state index contributed by atoms with van der Waals surface area (Å²) in [6, 6.07) is 3.76. The first-order valence-corrected chi connectivity index (χ1v) is 15.2. The number of carbonyl (C=O) groups is 1. The lowest BCUT2D eigenvalue weighted by atomic mass is 10.2. The molecule has 0 saturated heterocycles. The van der Waals surface area contributed by atoms with Crippen LogP contribution in [0, 0.1) is 5.92 Å². The van der Waals surface area contributed by atoms with Crippen molar-refractivity contribution in [3.63, 3.8) is 0 Å². The Hall–Kier alpha value is -0.256. The molecule has 0 saturated carbocycles. The Kier molecular flexibility index (Phi) is 14.6. The van der Waals surface area contributed by atoms with Crippen molar-refractivity contribution in [2.75, 3.05) is 32.9 Å². The summed E-state index contributed by atoms with van der Waals surface area (Å²) in [7, 11) is -4.44. The van der Waals surface area contributed by atoms with E-state index in [1.54, 1.807) is 0 Å². The SMILES string of the molecule is CCO[Si](CCCNCC(C)C(=O)O[Si](CC)(CC)CC)(OCC)OCC. The smallest absolute Gasteiger partial charge is 0.500 e. The fourth-order valence-corrected chi connectivity index (χ4v) is 8.29. The third-order valence-corrected chi connectivity index (χ3v) is 12.7. The van der Waals surface area contributed by atoms with E-state index in [0.717, 1.165) is 37.1 Å². The summed E-state index contributed by atoms with van der Waals surface area (Å²) in [4.78, 5) is 12.4. The van der Waals surface area contributed by atoms with Gasteiger partial charge in [0.15, 0.2) is 0 Å². The predicted octanol–water partition coefficient (Wildman–Crippen LogP) is 4.20. The fraction of sp³-hybridized carbons (Fsp3) is 0.947. The zero-order valence-electron chi connectivity index (χ0n) is 18.7. The average Bonchev–Trinajstić information content (AvgIpc) is 2.66. The lowest BCUT2D eigenvalue weighted by Crippen LogP contribution is -2.46. The highest BCUT2D eigenvalue weighted by Gasteiger charge is 2.39. The van der Waals surface area contributed by atoms with Crippen LogP contribution in [0.15, 0.2) is 0 Å². The van der Waals surface area contributed by atoms with E-state index in [0.29, 0.717) is 26.4 Å². The monoisotopic (exact) mass is 421 g/mol. The molecule has 0 aromatic rings. The van der Waals surface area contributed by atoms with E-state index in [2.05, 4.69) is 26.1 Å². The van der Waals surface area contributed by atoms with Gasteiger partial charge in [0.1, 0.15) is 0 Å². The van der Waals surface area contributed by atoms with Gasteiger partial charge in [-0.15, -0.1) is 0 Å². The van der Waals surface area contributed by atoms with Crippen LogP contribution < -0.4 is 5.32 Å². The largest absolute Gasteiger partial charge is 0.519 e. The van der Waals surface area contributed by atoms with Gasteiger partial charge in [-0.3, -0.25) is 4.79 Å². The van der Waals surface area contributed by atoms with Gasteiger partial charge < -0.3 is 23.0 Å². The molecule has 0 aliphatic heterocycles. The van der Waals surface area contributed by atoms with E-state index in [9.17, 15) is 4.79 Å². The van der Waals surface area contributed by atoms with Crippen LogP contribution in [0.2, 0.25) is 24.2 Å². The number of rotatable bonds is 17. The summed E-state index contributed by atoms with van der Waals surface area (Å²) in [6.07, 6.45) is 0.894. The van der Waals surface area contributed by atoms with Gasteiger partial charge in [0.2, 0.25) is 0 Å². The number of hydrogen-bond donors (Lipinski definition) is 1. The summed E-state index contributed by atoms with van der Waals surface area (Å²) in [5, 5.41) is 3.37. The second kappa shape index (κ2) is 14.7. The Bertz CT molecular complexity index is 369. The average molecular weight is 422 g/mol. The molecule has 162 valence electrons. The van der Waals surface area contributed by atoms with Crippen LogP contribution in [-0.4, -0.2) is 56.0 Å². The molecule has 1 atom stereocenters. The van der Waals surface area contributed by atoms with Crippen LogP contribution in [0.5, 0.6) is 0 Å². The van der Waals surface area contributed by atoms with E-state index in [1.807, 2.05) is 27.7 Å². The molecule has 0 aliphatic rings. The second-order valence-electron chi connectivity index (χ2n) is 6.86. The predicted molar refractivity (Wildman–Crippen MR) is 115 cm³/mol. The van der Waals surface area contributed by atoms with Crippen LogP contribution >= 0.6 is 0 Å². The van der Waals surface area contributed by atoms with Crippen molar-refractivity contribution in [3.05, 3.63) is 0 Å². The normalized spacial score (nSPS) is 13.6. The van der Waals surface area contributed by atoms with Crippen molar-refractivity contribution in [3.8, 4) is 0 Å². The molecule has 0 spiro atoms. The van der Waals surface area contributed by atoms with Crippen LogP contribution in [0.4, 0.5) is 0 Å². The van der Waals surface area contributed by atoms with Gasteiger partial charge in [-0.1, -0.05) is 27.7 Å². The lowest BCUT2D eigenvalue weighted by molar-refractivity contribution is -0.139. The number of hydrogen-bond acceptors (Lipinski definition) is 6. The summed E-state index contributed by atoms with van der Waals surface area (Å²) in [5.74, 6) is -0.185. The lowest BCUT2D eigenvalue weighted by Gasteiger charge is -2.29. The Balaban J connectivity index is 4.36. The zero-order chi connectivity index (χ0) is 20.8. The topological polar surface area (TPSA) is 66.0 Å². The molecule has 0 aromatic carbocycles. The van der Waals surface area contributed by atoms with E-state index in [1.165, 1.54) is 0 Å². The Labute approximate surface area is 169 Å². The molecule has 8 heteroatoms. The first-order valence-electron chi connectivity index (χ1n) is 10.7. The van der Waals surface area contributed by atoms with Crippen molar-refractivity contribution in [1.82, 2.24) is 5.32 Å². The quantitative estimate of drug-likeness (QED) is 0.280. The molecule has 0 radical (unpaired) electrons. The van der Waals surface area contributed by atoms with Gasteiger partial charge in [0.05, 0.1) is 5.92 Å². The number of carbonyl (C=O) groups excluding carboxylic acids is 1. The highest BCUT2D eigenvalue weighted by molar-refractivity contribution is 6.74. The van der Waals surface area contributed by atoms with E-state index < -0.39 is 17.1 Å². The van der Waals surface area contributed by atoms with Crippen LogP contribution in [0.1, 0.15) is 54.9 Å². The minimum atomic E-state index is -2.57. The van der Waals surface area contributed by atoms with Gasteiger partial charge >= 0.3 is 8.80 Å². The highest BCUT2D eigenvalue weighted by atomic mass is 28.4. The van der Waals surface area contributed by atoms with Crippen molar-refractivity contribution in [2.24, 2.45) is 5.92 Å². The Morgan fingerprint density at radius 2 is 1.37 bits per heavy atom. The Morgan fingerprint density at radius 1 is 0.889 bits per heavy atom.